The number of carbonyl (C=O) groups is 2. The van der Waals surface area contributed by atoms with E-state index in [-0.39, 0.29) is 18.0 Å². The molecule has 0 aliphatic rings. The molecule has 0 unspecified atom stereocenters. The zero-order chi connectivity index (χ0) is 11.4. The van der Waals surface area contributed by atoms with Crippen molar-refractivity contribution in [2.75, 3.05) is 7.11 Å². The van der Waals surface area contributed by atoms with E-state index in [1.165, 1.54) is 12.1 Å². The van der Waals surface area contributed by atoms with Gasteiger partial charge in [0.2, 0.25) is 0 Å². The van der Waals surface area contributed by atoms with Crippen LogP contribution in [0.3, 0.4) is 0 Å². The van der Waals surface area contributed by atoms with Crippen LogP contribution in [0.2, 0.25) is 0 Å². The van der Waals surface area contributed by atoms with Crippen LogP contribution in [-0.2, 0) is 11.3 Å². The quantitative estimate of drug-likeness (QED) is 0.686. The largest absolute Gasteiger partial charge is 0.477 e. The maximum absolute atomic E-state index is 11.1. The summed E-state index contributed by atoms with van der Waals surface area (Å²) in [6.07, 6.45) is 0. The number of pyridine rings is 1. The molecule has 6 nitrogen and oxygen atoms in total. The number of carbonyl (C=O) groups excluding carboxylic acids is 1. The van der Waals surface area contributed by atoms with E-state index >= 15 is 0 Å². The van der Waals surface area contributed by atoms with E-state index in [0.717, 1.165) is 7.11 Å². The SMILES string of the molecule is COC(=O)c1cc(CO)cc(C(=O)O)n1. The molecule has 0 bridgehead atoms. The average Bonchev–Trinajstić information content (AvgIpc) is 2.27. The molecule has 80 valence electrons. The summed E-state index contributed by atoms with van der Waals surface area (Å²) in [5, 5.41) is 17.5. The molecule has 1 heterocycles. The number of carboxylic acid groups (broad SMARTS) is 1. The van der Waals surface area contributed by atoms with Gasteiger partial charge in [-0.15, -0.1) is 0 Å². The first kappa shape index (κ1) is 11.1. The Morgan fingerprint density at radius 3 is 2.47 bits per heavy atom. The predicted molar refractivity (Wildman–Crippen MR) is 48.5 cm³/mol. The first-order valence-electron chi connectivity index (χ1n) is 4.02. The van der Waals surface area contributed by atoms with Crippen molar-refractivity contribution in [2.24, 2.45) is 0 Å². The van der Waals surface area contributed by atoms with Gasteiger partial charge in [-0.25, -0.2) is 14.6 Å². The van der Waals surface area contributed by atoms with E-state index in [2.05, 4.69) is 9.72 Å². The van der Waals surface area contributed by atoms with Crippen LogP contribution in [0.25, 0.3) is 0 Å². The van der Waals surface area contributed by atoms with Gasteiger partial charge in [-0.3, -0.25) is 0 Å². The van der Waals surface area contributed by atoms with Gasteiger partial charge in [-0.05, 0) is 17.7 Å². The highest BCUT2D eigenvalue weighted by atomic mass is 16.5. The molecular formula is C9H9NO5. The number of aromatic carboxylic acids is 1. The number of aromatic nitrogens is 1. The molecule has 0 fully saturated rings. The number of nitrogens with zero attached hydrogens (tertiary/aromatic N) is 1. The highest BCUT2D eigenvalue weighted by Crippen LogP contribution is 2.07. The number of aliphatic hydroxyl groups is 1. The van der Waals surface area contributed by atoms with Gasteiger partial charge < -0.3 is 14.9 Å². The fourth-order valence-corrected chi connectivity index (χ4v) is 0.997. The summed E-state index contributed by atoms with van der Waals surface area (Å²) in [4.78, 5) is 25.3. The van der Waals surface area contributed by atoms with Gasteiger partial charge in [0.1, 0.15) is 11.4 Å². The Hall–Kier alpha value is -1.95. The average molecular weight is 211 g/mol. The highest BCUT2D eigenvalue weighted by Gasteiger charge is 2.13. The minimum Gasteiger partial charge on any atom is -0.477 e. The second-order valence-electron chi connectivity index (χ2n) is 2.70. The van der Waals surface area contributed by atoms with Gasteiger partial charge in [0, 0.05) is 0 Å². The standard InChI is InChI=1S/C9H9NO5/c1-15-9(14)7-3-5(4-11)2-6(10-7)8(12)13/h2-3,11H,4H2,1H3,(H,12,13). The number of ether oxygens (including phenoxy) is 1. The topological polar surface area (TPSA) is 96.7 Å². The molecule has 2 N–H and O–H groups in total. The third kappa shape index (κ3) is 2.50. The molecule has 1 rings (SSSR count). The van der Waals surface area contributed by atoms with Crippen LogP contribution in [-0.4, -0.2) is 34.2 Å². The van der Waals surface area contributed by atoms with E-state index < -0.39 is 11.9 Å². The lowest BCUT2D eigenvalue weighted by atomic mass is 10.2. The monoisotopic (exact) mass is 211 g/mol. The second kappa shape index (κ2) is 4.52. The summed E-state index contributed by atoms with van der Waals surface area (Å²) in [5.74, 6) is -2.01. The lowest BCUT2D eigenvalue weighted by Gasteiger charge is -2.03. The Labute approximate surface area is 85.1 Å². The molecule has 0 atom stereocenters. The Kier molecular flexibility index (Phi) is 3.35. The zero-order valence-electron chi connectivity index (χ0n) is 7.93. The normalized spacial score (nSPS) is 9.73. The number of rotatable bonds is 3. The first-order chi connectivity index (χ1) is 7.08. The van der Waals surface area contributed by atoms with E-state index in [0.29, 0.717) is 5.56 Å². The maximum atomic E-state index is 11.1. The molecule has 0 saturated heterocycles. The fraction of sp³-hybridized carbons (Fsp3) is 0.222. The molecule has 0 radical (unpaired) electrons. The molecule has 1 aromatic rings. The third-order valence-electron chi connectivity index (χ3n) is 1.68. The Balaban J connectivity index is 3.23. The van der Waals surface area contributed by atoms with E-state index in [4.69, 9.17) is 10.2 Å². The minimum absolute atomic E-state index is 0.138. The molecule has 0 aromatic carbocycles. The zero-order valence-corrected chi connectivity index (χ0v) is 7.93. The molecule has 0 amide bonds. The number of carboxylic acids is 1. The summed E-state index contributed by atoms with van der Waals surface area (Å²) < 4.78 is 4.39. The molecule has 0 aliphatic heterocycles. The van der Waals surface area contributed by atoms with Gasteiger partial charge in [0.05, 0.1) is 13.7 Å². The van der Waals surface area contributed by atoms with Crippen molar-refractivity contribution in [1.82, 2.24) is 4.98 Å². The van der Waals surface area contributed by atoms with E-state index in [1.807, 2.05) is 0 Å². The third-order valence-corrected chi connectivity index (χ3v) is 1.68. The van der Waals surface area contributed by atoms with Gasteiger partial charge in [0.25, 0.3) is 0 Å². The van der Waals surface area contributed by atoms with Crippen LogP contribution < -0.4 is 0 Å². The Morgan fingerprint density at radius 1 is 1.40 bits per heavy atom. The van der Waals surface area contributed by atoms with Crippen LogP contribution >= 0.6 is 0 Å². The van der Waals surface area contributed by atoms with Crippen LogP contribution in [0.4, 0.5) is 0 Å². The van der Waals surface area contributed by atoms with E-state index in [9.17, 15) is 9.59 Å². The van der Waals surface area contributed by atoms with Gasteiger partial charge >= 0.3 is 11.9 Å². The van der Waals surface area contributed by atoms with Crippen molar-refractivity contribution < 1.29 is 24.5 Å². The fourth-order valence-electron chi connectivity index (χ4n) is 0.997. The van der Waals surface area contributed by atoms with Crippen molar-refractivity contribution in [3.05, 3.63) is 29.1 Å². The number of esters is 1. The van der Waals surface area contributed by atoms with Crippen molar-refractivity contribution in [1.29, 1.82) is 0 Å². The van der Waals surface area contributed by atoms with Crippen molar-refractivity contribution in [3.8, 4) is 0 Å². The highest BCUT2D eigenvalue weighted by molar-refractivity contribution is 5.91. The van der Waals surface area contributed by atoms with Gasteiger partial charge in [-0.1, -0.05) is 0 Å². The van der Waals surface area contributed by atoms with Gasteiger partial charge in [-0.2, -0.15) is 0 Å². The van der Waals surface area contributed by atoms with Crippen LogP contribution in [0.1, 0.15) is 26.5 Å². The van der Waals surface area contributed by atoms with Crippen LogP contribution in [0.5, 0.6) is 0 Å². The molecular weight excluding hydrogens is 202 g/mol. The minimum atomic E-state index is -1.27. The van der Waals surface area contributed by atoms with Crippen molar-refractivity contribution in [2.45, 2.75) is 6.61 Å². The number of methoxy groups -OCH3 is 1. The molecule has 1 aromatic heterocycles. The van der Waals surface area contributed by atoms with Crippen molar-refractivity contribution >= 4 is 11.9 Å². The Morgan fingerprint density at radius 2 is 2.00 bits per heavy atom. The van der Waals surface area contributed by atoms with E-state index in [1.54, 1.807) is 0 Å². The predicted octanol–water partition coefficient (Wildman–Crippen LogP) is 0.0587. The summed E-state index contributed by atoms with van der Waals surface area (Å²) in [6.45, 7) is -0.368. The molecule has 6 heteroatoms. The molecule has 0 aliphatic carbocycles. The number of hydrogen-bond acceptors (Lipinski definition) is 5. The second-order valence-corrected chi connectivity index (χ2v) is 2.70. The number of aliphatic hydroxyl groups excluding tert-OH is 1. The first-order valence-corrected chi connectivity index (χ1v) is 4.02. The molecule has 15 heavy (non-hydrogen) atoms. The van der Waals surface area contributed by atoms with Crippen LogP contribution in [0, 0.1) is 0 Å². The summed E-state index contributed by atoms with van der Waals surface area (Å²) in [5.41, 5.74) is -0.147. The lowest BCUT2D eigenvalue weighted by molar-refractivity contribution is 0.0593. The Bertz CT molecular complexity index is 401. The smallest absolute Gasteiger partial charge is 0.356 e. The summed E-state index contributed by atoms with van der Waals surface area (Å²) >= 11 is 0. The maximum Gasteiger partial charge on any atom is 0.356 e. The summed E-state index contributed by atoms with van der Waals surface area (Å²) in [7, 11) is 1.16. The molecule has 0 spiro atoms. The summed E-state index contributed by atoms with van der Waals surface area (Å²) in [6, 6.07) is 2.47. The van der Waals surface area contributed by atoms with Crippen molar-refractivity contribution in [3.63, 3.8) is 0 Å². The lowest BCUT2D eigenvalue weighted by Crippen LogP contribution is -2.10. The van der Waals surface area contributed by atoms with Gasteiger partial charge in [0.15, 0.2) is 0 Å². The number of hydrogen-bond donors (Lipinski definition) is 2. The van der Waals surface area contributed by atoms with Crippen LogP contribution in [0.15, 0.2) is 12.1 Å². The molecule has 0 saturated carbocycles.